The third kappa shape index (κ3) is 5.21. The Labute approximate surface area is 198 Å². The van der Waals surface area contributed by atoms with E-state index in [1.807, 2.05) is 47.0 Å². The van der Waals surface area contributed by atoms with E-state index in [0.717, 1.165) is 22.4 Å². The van der Waals surface area contributed by atoms with E-state index in [0.29, 0.717) is 35.8 Å². The summed E-state index contributed by atoms with van der Waals surface area (Å²) in [5, 5.41) is 10.8. The van der Waals surface area contributed by atoms with E-state index >= 15 is 0 Å². The van der Waals surface area contributed by atoms with Gasteiger partial charge in [-0.2, -0.15) is 0 Å². The minimum Gasteiger partial charge on any atom is -0.493 e. The number of imidazole rings is 1. The molecule has 1 N–H and O–H groups in total. The molecule has 1 aromatic heterocycles. The maximum atomic E-state index is 11.4. The highest BCUT2D eigenvalue weighted by Crippen LogP contribution is 2.29. The summed E-state index contributed by atoms with van der Waals surface area (Å²) in [6.07, 6.45) is -0.191. The Hall–Kier alpha value is -3.84. The summed E-state index contributed by atoms with van der Waals surface area (Å²) < 4.78 is 18.6. The Balaban J connectivity index is 1.52. The highest BCUT2D eigenvalue weighted by Gasteiger charge is 2.16. The molecule has 3 aromatic carbocycles. The topological polar surface area (TPSA) is 82.8 Å². The molecule has 0 saturated carbocycles. The molecule has 0 fully saturated rings. The van der Waals surface area contributed by atoms with Gasteiger partial charge in [-0.25, -0.2) is 4.98 Å². The van der Waals surface area contributed by atoms with E-state index in [-0.39, 0.29) is 12.4 Å². The highest BCUT2D eigenvalue weighted by molar-refractivity contribution is 5.94. The van der Waals surface area contributed by atoms with Gasteiger partial charge < -0.3 is 23.9 Å². The number of carbonyl (C=O) groups excluding carboxylic acids is 1. The number of methoxy groups -OCH3 is 2. The Morgan fingerprint density at radius 3 is 2.44 bits per heavy atom. The first-order valence-corrected chi connectivity index (χ1v) is 11.1. The lowest BCUT2D eigenvalue weighted by molar-refractivity contribution is 0.0927. The van der Waals surface area contributed by atoms with E-state index in [1.54, 1.807) is 38.5 Å². The summed E-state index contributed by atoms with van der Waals surface area (Å²) in [6, 6.07) is 20.6. The number of rotatable bonds is 10. The van der Waals surface area contributed by atoms with Gasteiger partial charge in [-0.1, -0.05) is 18.2 Å². The van der Waals surface area contributed by atoms with Crippen molar-refractivity contribution in [1.29, 1.82) is 0 Å². The van der Waals surface area contributed by atoms with Crippen LogP contribution in [0.15, 0.2) is 66.7 Å². The number of nitrogens with zero attached hydrogens (tertiary/aromatic N) is 2. The van der Waals surface area contributed by atoms with Crippen LogP contribution in [-0.2, 0) is 13.0 Å². The maximum absolute atomic E-state index is 11.4. The second-order valence-electron chi connectivity index (χ2n) is 8.04. The van der Waals surface area contributed by atoms with Crippen LogP contribution in [0.1, 0.15) is 28.7 Å². The number of hydrogen-bond donors (Lipinski definition) is 1. The molecule has 4 rings (SSSR count). The molecule has 0 aliphatic heterocycles. The SMILES string of the molecule is COc1ccc(Cc2nc3ccccc3n2CC(O)COc2ccc(C(C)=O)cc2)cc1OC. The van der Waals surface area contributed by atoms with Crippen molar-refractivity contribution < 1.29 is 24.1 Å². The molecular weight excluding hydrogens is 432 g/mol. The number of hydrogen-bond acceptors (Lipinski definition) is 6. The smallest absolute Gasteiger partial charge is 0.161 e. The van der Waals surface area contributed by atoms with Crippen LogP contribution < -0.4 is 14.2 Å². The van der Waals surface area contributed by atoms with Gasteiger partial charge in [0, 0.05) is 12.0 Å². The average Bonchev–Trinajstić information content (AvgIpc) is 3.19. The molecule has 0 aliphatic carbocycles. The van der Waals surface area contributed by atoms with Crippen LogP contribution in [0, 0.1) is 0 Å². The molecule has 1 atom stereocenters. The molecule has 0 spiro atoms. The third-order valence-corrected chi connectivity index (χ3v) is 5.64. The van der Waals surface area contributed by atoms with Gasteiger partial charge in [0.05, 0.1) is 31.8 Å². The van der Waals surface area contributed by atoms with Crippen LogP contribution in [0.4, 0.5) is 0 Å². The molecule has 34 heavy (non-hydrogen) atoms. The maximum Gasteiger partial charge on any atom is 0.161 e. The van der Waals surface area contributed by atoms with Crippen molar-refractivity contribution in [3.63, 3.8) is 0 Å². The number of fused-ring (bicyclic) bond motifs is 1. The summed E-state index contributed by atoms with van der Waals surface area (Å²) in [5.41, 5.74) is 3.46. The number of para-hydroxylation sites is 2. The number of aliphatic hydroxyl groups is 1. The molecule has 0 saturated heterocycles. The van der Waals surface area contributed by atoms with E-state index < -0.39 is 6.10 Å². The zero-order valence-electron chi connectivity index (χ0n) is 19.5. The molecule has 0 bridgehead atoms. The minimum atomic E-state index is -0.755. The number of aliphatic hydroxyl groups excluding tert-OH is 1. The van der Waals surface area contributed by atoms with Gasteiger partial charge in [0.1, 0.15) is 24.3 Å². The van der Waals surface area contributed by atoms with E-state index in [9.17, 15) is 9.90 Å². The third-order valence-electron chi connectivity index (χ3n) is 5.64. The Kier molecular flexibility index (Phi) is 7.13. The lowest BCUT2D eigenvalue weighted by Gasteiger charge is -2.16. The summed E-state index contributed by atoms with van der Waals surface area (Å²) in [5.74, 6) is 2.76. The standard InChI is InChI=1S/C27H28N2O5/c1-18(30)20-9-11-22(12-10-20)34-17-21(31)16-29-24-7-5-4-6-23(24)28-27(29)15-19-8-13-25(32-2)26(14-19)33-3/h4-14,21,31H,15-17H2,1-3H3. The molecule has 0 amide bonds. The van der Waals surface area contributed by atoms with E-state index in [2.05, 4.69) is 0 Å². The number of aromatic nitrogens is 2. The minimum absolute atomic E-state index is 0.000537. The summed E-state index contributed by atoms with van der Waals surface area (Å²) in [7, 11) is 3.22. The van der Waals surface area contributed by atoms with Gasteiger partial charge >= 0.3 is 0 Å². The van der Waals surface area contributed by atoms with Crippen LogP contribution >= 0.6 is 0 Å². The van der Waals surface area contributed by atoms with Crippen molar-refractivity contribution in [1.82, 2.24) is 9.55 Å². The molecule has 0 radical (unpaired) electrons. The van der Waals surface area contributed by atoms with Gasteiger partial charge in [0.15, 0.2) is 17.3 Å². The number of benzene rings is 3. The normalized spacial score (nSPS) is 11.9. The average molecular weight is 461 g/mol. The fourth-order valence-corrected chi connectivity index (χ4v) is 3.88. The van der Waals surface area contributed by atoms with Gasteiger partial charge in [-0.15, -0.1) is 0 Å². The van der Waals surface area contributed by atoms with Crippen molar-refractivity contribution >= 4 is 16.8 Å². The van der Waals surface area contributed by atoms with Gasteiger partial charge in [0.2, 0.25) is 0 Å². The molecule has 7 nitrogen and oxygen atoms in total. The first-order valence-electron chi connectivity index (χ1n) is 11.1. The van der Waals surface area contributed by atoms with Crippen LogP contribution in [-0.4, -0.2) is 47.4 Å². The van der Waals surface area contributed by atoms with Crippen molar-refractivity contribution in [2.24, 2.45) is 0 Å². The predicted octanol–water partition coefficient (Wildman–Crippen LogP) is 4.29. The quantitative estimate of drug-likeness (QED) is 0.356. The molecule has 4 aromatic rings. The van der Waals surface area contributed by atoms with Gasteiger partial charge in [0.25, 0.3) is 0 Å². The first-order chi connectivity index (χ1) is 16.5. The zero-order valence-corrected chi connectivity index (χ0v) is 19.5. The molecular formula is C27H28N2O5. The largest absolute Gasteiger partial charge is 0.493 e. The fraction of sp³-hybridized carbons (Fsp3) is 0.259. The lowest BCUT2D eigenvalue weighted by atomic mass is 10.1. The number of ether oxygens (including phenoxy) is 3. The van der Waals surface area contributed by atoms with E-state index in [1.165, 1.54) is 6.92 Å². The Bertz CT molecular complexity index is 1280. The van der Waals surface area contributed by atoms with Crippen molar-refractivity contribution in [3.8, 4) is 17.2 Å². The van der Waals surface area contributed by atoms with Crippen LogP contribution in [0.25, 0.3) is 11.0 Å². The van der Waals surface area contributed by atoms with Crippen LogP contribution in [0.3, 0.4) is 0 Å². The molecule has 7 heteroatoms. The highest BCUT2D eigenvalue weighted by atomic mass is 16.5. The number of carbonyl (C=O) groups is 1. The van der Waals surface area contributed by atoms with E-state index in [4.69, 9.17) is 19.2 Å². The molecule has 176 valence electrons. The predicted molar refractivity (Wildman–Crippen MR) is 130 cm³/mol. The van der Waals surface area contributed by atoms with Crippen LogP contribution in [0.2, 0.25) is 0 Å². The van der Waals surface area contributed by atoms with Crippen molar-refractivity contribution in [2.75, 3.05) is 20.8 Å². The first kappa shape index (κ1) is 23.3. The summed E-state index contributed by atoms with van der Waals surface area (Å²) >= 11 is 0. The summed E-state index contributed by atoms with van der Waals surface area (Å²) in [6.45, 7) is 1.96. The number of Topliss-reactive ketones (excluding diaryl/α,β-unsaturated/α-hetero) is 1. The van der Waals surface area contributed by atoms with Crippen molar-refractivity contribution in [2.45, 2.75) is 26.0 Å². The number of ketones is 1. The van der Waals surface area contributed by atoms with Gasteiger partial charge in [-0.05, 0) is 61.0 Å². The zero-order chi connectivity index (χ0) is 24.1. The van der Waals surface area contributed by atoms with Crippen LogP contribution in [0.5, 0.6) is 17.2 Å². The Morgan fingerprint density at radius 1 is 1.00 bits per heavy atom. The fourth-order valence-electron chi connectivity index (χ4n) is 3.88. The Morgan fingerprint density at radius 2 is 1.74 bits per heavy atom. The second kappa shape index (κ2) is 10.4. The monoisotopic (exact) mass is 460 g/mol. The molecule has 1 heterocycles. The molecule has 1 unspecified atom stereocenters. The van der Waals surface area contributed by atoms with Crippen molar-refractivity contribution in [3.05, 3.63) is 83.7 Å². The lowest BCUT2D eigenvalue weighted by Crippen LogP contribution is -2.24. The molecule has 0 aliphatic rings. The second-order valence-corrected chi connectivity index (χ2v) is 8.04. The summed E-state index contributed by atoms with van der Waals surface area (Å²) in [4.78, 5) is 16.2. The van der Waals surface area contributed by atoms with Gasteiger partial charge in [-0.3, -0.25) is 4.79 Å².